The summed E-state index contributed by atoms with van der Waals surface area (Å²) >= 11 is 0. The zero-order chi connectivity index (χ0) is 31.6. The molecule has 10 nitrogen and oxygen atoms in total. The topological polar surface area (TPSA) is 131 Å². The monoisotopic (exact) mass is 618 g/mol. The largest absolute Gasteiger partial charge is 0.475 e. The van der Waals surface area contributed by atoms with E-state index < -0.39 is 43.2 Å². The fourth-order valence-electron chi connectivity index (χ4n) is 6.77. The molecular weight excluding hydrogens is 571 g/mol. The summed E-state index contributed by atoms with van der Waals surface area (Å²) in [6.45, 7) is 1.63. The van der Waals surface area contributed by atoms with E-state index in [1.807, 2.05) is 42.5 Å². The van der Waals surface area contributed by atoms with E-state index >= 15 is 0 Å². The van der Waals surface area contributed by atoms with Crippen molar-refractivity contribution in [3.8, 4) is 0 Å². The van der Waals surface area contributed by atoms with Gasteiger partial charge in [-0.1, -0.05) is 99.5 Å². The van der Waals surface area contributed by atoms with Gasteiger partial charge in [0.05, 0.1) is 18.5 Å². The van der Waals surface area contributed by atoms with Gasteiger partial charge in [-0.2, -0.15) is 0 Å². The van der Waals surface area contributed by atoms with Crippen LogP contribution in [0.3, 0.4) is 0 Å². The number of ether oxygens (including phenoxy) is 1. The van der Waals surface area contributed by atoms with Gasteiger partial charge in [0, 0.05) is 19.5 Å². The molecule has 11 heteroatoms. The van der Waals surface area contributed by atoms with Gasteiger partial charge in [-0.25, -0.2) is 4.79 Å². The van der Waals surface area contributed by atoms with Crippen molar-refractivity contribution >= 4 is 25.0 Å². The number of carbonyl (C=O) groups excluding carboxylic acids is 3. The Morgan fingerprint density at radius 2 is 1.51 bits per heavy atom. The fraction of sp³-hybridized carbons (Fsp3) is 0.559. The van der Waals surface area contributed by atoms with Crippen LogP contribution in [-0.4, -0.2) is 82.1 Å². The molecule has 4 atom stereocenters. The number of rotatable bonds is 6. The SMILES string of the molecule is O=C1N[C@H](B(O)O)CCCCCCCCC[C@H](NCCc2ccccc2)C(=O)N2C[C@H](OC(=O)N3Cc4ccccc4C3)C[C@@H]12. The molecule has 0 aliphatic carbocycles. The van der Waals surface area contributed by atoms with Crippen molar-refractivity contribution in [2.24, 2.45) is 0 Å². The van der Waals surface area contributed by atoms with Gasteiger partial charge in [-0.15, -0.1) is 0 Å². The number of nitrogens with one attached hydrogen (secondary N) is 2. The van der Waals surface area contributed by atoms with Crippen molar-refractivity contribution < 1.29 is 29.2 Å². The lowest BCUT2D eigenvalue weighted by atomic mass is 9.76. The zero-order valence-corrected chi connectivity index (χ0v) is 26.1. The lowest BCUT2D eigenvalue weighted by Crippen LogP contribution is -2.56. The minimum atomic E-state index is -1.71. The maximum absolute atomic E-state index is 14.2. The van der Waals surface area contributed by atoms with Gasteiger partial charge in [-0.05, 0) is 42.5 Å². The molecule has 3 aliphatic rings. The van der Waals surface area contributed by atoms with Crippen LogP contribution >= 0.6 is 0 Å². The average Bonchev–Trinajstić information content (AvgIpc) is 3.67. The lowest BCUT2D eigenvalue weighted by molar-refractivity contribution is -0.140. The molecule has 5 rings (SSSR count). The van der Waals surface area contributed by atoms with Gasteiger partial charge < -0.3 is 30.3 Å². The zero-order valence-electron chi connectivity index (χ0n) is 26.1. The number of nitrogens with zero attached hydrogens (tertiary/aromatic N) is 2. The van der Waals surface area contributed by atoms with Crippen molar-refractivity contribution in [3.63, 3.8) is 0 Å². The molecule has 0 bridgehead atoms. The molecule has 3 amide bonds. The number of hydrogen-bond acceptors (Lipinski definition) is 7. The standard InChI is InChI=1S/C34H47BN4O6/c40-32-30-21-28(45-34(42)38-22-26-15-11-12-16-27(26)23-38)24-39(30)33(41)29(36-20-19-25-13-7-6-8-14-25)17-9-4-2-1-3-5-10-18-31(37-32)35(43)44/h6-8,11-16,28-31,36,43-44H,1-5,9-10,17-24H2,(H,37,40)/t28-,29+,30+,31+/m1/s1. The number of benzene rings is 2. The predicted molar refractivity (Wildman–Crippen MR) is 172 cm³/mol. The van der Waals surface area contributed by atoms with E-state index in [0.717, 1.165) is 62.5 Å². The van der Waals surface area contributed by atoms with E-state index in [2.05, 4.69) is 22.8 Å². The molecule has 3 aliphatic heterocycles. The van der Waals surface area contributed by atoms with Crippen LogP contribution in [0.25, 0.3) is 0 Å². The second-order valence-electron chi connectivity index (χ2n) is 12.7. The van der Waals surface area contributed by atoms with E-state index in [1.54, 1.807) is 9.80 Å². The summed E-state index contributed by atoms with van der Waals surface area (Å²) in [4.78, 5) is 44.3. The number of hydrogen-bond donors (Lipinski definition) is 4. The van der Waals surface area contributed by atoms with Gasteiger partial charge >= 0.3 is 13.2 Å². The first-order valence-electron chi connectivity index (χ1n) is 16.7. The second-order valence-corrected chi connectivity index (χ2v) is 12.7. The first-order valence-corrected chi connectivity index (χ1v) is 16.7. The highest BCUT2D eigenvalue weighted by molar-refractivity contribution is 6.43. The normalized spacial score (nSPS) is 24.9. The van der Waals surface area contributed by atoms with E-state index in [0.29, 0.717) is 32.5 Å². The fourth-order valence-corrected chi connectivity index (χ4v) is 6.77. The van der Waals surface area contributed by atoms with Crippen LogP contribution in [0.2, 0.25) is 0 Å². The Kier molecular flexibility index (Phi) is 11.9. The summed E-state index contributed by atoms with van der Waals surface area (Å²) in [7, 11) is -1.71. The molecular formula is C34H47BN4O6. The molecule has 2 aromatic carbocycles. The Morgan fingerprint density at radius 1 is 0.889 bits per heavy atom. The summed E-state index contributed by atoms with van der Waals surface area (Å²) in [6, 6.07) is 16.6. The van der Waals surface area contributed by atoms with Gasteiger partial charge in [0.2, 0.25) is 11.8 Å². The van der Waals surface area contributed by atoms with Crippen LogP contribution in [0.4, 0.5) is 4.79 Å². The summed E-state index contributed by atoms with van der Waals surface area (Å²) in [5, 5.41) is 26.4. The molecule has 45 heavy (non-hydrogen) atoms. The van der Waals surface area contributed by atoms with Crippen LogP contribution in [0.15, 0.2) is 54.6 Å². The highest BCUT2D eigenvalue weighted by Gasteiger charge is 2.44. The summed E-state index contributed by atoms with van der Waals surface area (Å²) in [5.74, 6) is -1.49. The molecule has 0 aromatic heterocycles. The van der Waals surface area contributed by atoms with Crippen molar-refractivity contribution in [1.82, 2.24) is 20.4 Å². The van der Waals surface area contributed by atoms with E-state index in [1.165, 1.54) is 5.56 Å². The highest BCUT2D eigenvalue weighted by Crippen LogP contribution is 2.27. The average molecular weight is 619 g/mol. The first-order chi connectivity index (χ1) is 21.9. The molecule has 2 aromatic rings. The Balaban J connectivity index is 1.31. The maximum Gasteiger partial charge on any atom is 0.475 e. The minimum Gasteiger partial charge on any atom is -0.444 e. The third-order valence-electron chi connectivity index (χ3n) is 9.36. The van der Waals surface area contributed by atoms with Crippen LogP contribution in [0.1, 0.15) is 80.9 Å². The third kappa shape index (κ3) is 9.08. The summed E-state index contributed by atoms with van der Waals surface area (Å²) < 4.78 is 5.92. The van der Waals surface area contributed by atoms with Crippen molar-refractivity contribution in [2.75, 3.05) is 13.1 Å². The minimum absolute atomic E-state index is 0.104. The molecule has 2 fully saturated rings. The second kappa shape index (κ2) is 16.2. The van der Waals surface area contributed by atoms with Crippen LogP contribution in [0, 0.1) is 0 Å². The Bertz CT molecular complexity index is 1260. The Hall–Kier alpha value is -3.41. The maximum atomic E-state index is 14.2. The first kappa shape index (κ1) is 33.0. The lowest BCUT2D eigenvalue weighted by Gasteiger charge is -2.30. The van der Waals surface area contributed by atoms with Crippen molar-refractivity contribution in [1.29, 1.82) is 0 Å². The highest BCUT2D eigenvalue weighted by atomic mass is 16.6. The smallest absolute Gasteiger partial charge is 0.444 e. The van der Waals surface area contributed by atoms with E-state index in [-0.39, 0.29) is 18.9 Å². The molecule has 2 saturated heterocycles. The van der Waals surface area contributed by atoms with Gasteiger partial charge in [0.1, 0.15) is 12.1 Å². The van der Waals surface area contributed by atoms with Crippen molar-refractivity contribution in [3.05, 3.63) is 71.3 Å². The molecule has 242 valence electrons. The van der Waals surface area contributed by atoms with Crippen LogP contribution in [0.5, 0.6) is 0 Å². The molecule has 0 unspecified atom stereocenters. The van der Waals surface area contributed by atoms with Gasteiger partial charge in [-0.3, -0.25) is 14.5 Å². The van der Waals surface area contributed by atoms with Crippen LogP contribution < -0.4 is 10.6 Å². The molecule has 0 saturated carbocycles. The third-order valence-corrected chi connectivity index (χ3v) is 9.36. The molecule has 0 spiro atoms. The van der Waals surface area contributed by atoms with Crippen LogP contribution in [-0.2, 0) is 33.8 Å². The summed E-state index contributed by atoms with van der Waals surface area (Å²) in [6.07, 6.45) is 7.71. The molecule has 0 radical (unpaired) electrons. The van der Waals surface area contributed by atoms with Crippen molar-refractivity contribution in [2.45, 2.75) is 108 Å². The number of amides is 3. The van der Waals surface area contributed by atoms with Gasteiger partial charge in [0.15, 0.2) is 0 Å². The number of carbonyl (C=O) groups is 3. The summed E-state index contributed by atoms with van der Waals surface area (Å²) in [5.41, 5.74) is 3.34. The van der Waals surface area contributed by atoms with E-state index in [4.69, 9.17) is 4.74 Å². The molecule has 3 heterocycles. The Morgan fingerprint density at radius 3 is 2.18 bits per heavy atom. The Labute approximate surface area is 266 Å². The van der Waals surface area contributed by atoms with Gasteiger partial charge in [0.25, 0.3) is 0 Å². The number of fused-ring (bicyclic) bond motifs is 2. The van der Waals surface area contributed by atoms with E-state index in [9.17, 15) is 24.4 Å². The molecule has 4 N–H and O–H groups in total. The quantitative estimate of drug-likeness (QED) is 0.366. The predicted octanol–water partition coefficient (Wildman–Crippen LogP) is 3.33.